The van der Waals surface area contributed by atoms with Gasteiger partial charge in [-0.2, -0.15) is 8.78 Å². The molecule has 1 N–H and O–H groups in total. The van der Waals surface area contributed by atoms with Gasteiger partial charge in [0.05, 0.1) is 0 Å². The normalized spacial score (nSPS) is 10.5. The number of nitrogens with one attached hydrogen (secondary N) is 1. The lowest BCUT2D eigenvalue weighted by molar-refractivity contribution is 0.0790. The zero-order valence-corrected chi connectivity index (χ0v) is 16.0. The molecule has 1 aromatic carbocycles. The highest BCUT2D eigenvalue weighted by atomic mass is 32.2. The van der Waals surface area contributed by atoms with Gasteiger partial charge in [-0.05, 0) is 35.7 Å². The van der Waals surface area contributed by atoms with Gasteiger partial charge in [0.25, 0.3) is 17.6 Å². The van der Waals surface area contributed by atoms with Crippen LogP contribution in [0.2, 0.25) is 0 Å². The van der Waals surface area contributed by atoms with E-state index in [9.17, 15) is 18.4 Å². The number of hydrogen-bond donors (Lipinski definition) is 1. The van der Waals surface area contributed by atoms with Crippen LogP contribution < -0.4 is 5.32 Å². The zero-order valence-electron chi connectivity index (χ0n) is 14.4. The Kier molecular flexibility index (Phi) is 7.75. The smallest absolute Gasteiger partial charge is 0.288 e. The Morgan fingerprint density at radius 1 is 1.15 bits per heavy atom. The molecule has 4 nitrogen and oxygen atoms in total. The molecule has 1 aromatic heterocycles. The van der Waals surface area contributed by atoms with Crippen molar-refractivity contribution in [3.8, 4) is 0 Å². The third-order valence-corrected chi connectivity index (χ3v) is 5.24. The molecule has 1 heterocycles. The minimum atomic E-state index is -2.59. The van der Waals surface area contributed by atoms with Gasteiger partial charge in [0.15, 0.2) is 0 Å². The van der Waals surface area contributed by atoms with Crippen LogP contribution in [0.25, 0.3) is 0 Å². The minimum absolute atomic E-state index is 0.179. The van der Waals surface area contributed by atoms with E-state index in [0.29, 0.717) is 36.1 Å². The van der Waals surface area contributed by atoms with Crippen molar-refractivity contribution < 1.29 is 18.4 Å². The van der Waals surface area contributed by atoms with Crippen LogP contribution in [0.4, 0.5) is 14.5 Å². The highest BCUT2D eigenvalue weighted by Gasteiger charge is 2.18. The van der Waals surface area contributed by atoms with Gasteiger partial charge in [-0.3, -0.25) is 9.59 Å². The fourth-order valence-corrected chi connectivity index (χ4v) is 3.87. The van der Waals surface area contributed by atoms with E-state index in [2.05, 4.69) is 18.5 Å². The molecule has 0 unspecified atom stereocenters. The number of carbonyl (C=O) groups is 2. The van der Waals surface area contributed by atoms with Crippen LogP contribution in [0.1, 0.15) is 20.0 Å². The summed E-state index contributed by atoms with van der Waals surface area (Å²) in [5.41, 5.74) is 0.929. The van der Waals surface area contributed by atoms with Gasteiger partial charge in [0.1, 0.15) is 4.88 Å². The molecule has 27 heavy (non-hydrogen) atoms. The Bertz CT molecular complexity index is 809. The molecule has 2 aromatic rings. The molecule has 0 saturated carbocycles. The van der Waals surface area contributed by atoms with Gasteiger partial charge in [-0.25, -0.2) is 0 Å². The van der Waals surface area contributed by atoms with Crippen molar-refractivity contribution in [3.05, 3.63) is 71.5 Å². The van der Waals surface area contributed by atoms with Crippen molar-refractivity contribution in [1.82, 2.24) is 4.90 Å². The van der Waals surface area contributed by atoms with E-state index in [0.717, 1.165) is 11.3 Å². The van der Waals surface area contributed by atoms with E-state index >= 15 is 0 Å². The van der Waals surface area contributed by atoms with Crippen LogP contribution in [0, 0.1) is 0 Å². The number of carbonyl (C=O) groups excluding carboxylic acids is 2. The molecule has 2 rings (SSSR count). The first-order valence-electron chi connectivity index (χ1n) is 7.91. The fraction of sp³-hybridized carbons (Fsp3) is 0.158. The minimum Gasteiger partial charge on any atom is -0.331 e. The molecule has 142 valence electrons. The number of anilines is 1. The van der Waals surface area contributed by atoms with Crippen LogP contribution in [-0.2, 0) is 0 Å². The van der Waals surface area contributed by atoms with Crippen LogP contribution in [0.3, 0.4) is 0 Å². The predicted octanol–water partition coefficient (Wildman–Crippen LogP) is 5.13. The monoisotopic (exact) mass is 408 g/mol. The van der Waals surface area contributed by atoms with Crippen LogP contribution in [0.15, 0.2) is 65.9 Å². The molecule has 0 bridgehead atoms. The molecule has 0 atom stereocenters. The van der Waals surface area contributed by atoms with Crippen molar-refractivity contribution in [2.24, 2.45) is 0 Å². The molecule has 8 heteroatoms. The summed E-state index contributed by atoms with van der Waals surface area (Å²) in [7, 11) is 0. The number of amides is 2. The first-order valence-corrected chi connectivity index (χ1v) is 9.67. The molecular weight excluding hydrogens is 390 g/mol. The van der Waals surface area contributed by atoms with Gasteiger partial charge in [-0.15, -0.1) is 24.5 Å². The van der Waals surface area contributed by atoms with Gasteiger partial charge in [0, 0.05) is 29.2 Å². The lowest BCUT2D eigenvalue weighted by Gasteiger charge is -2.19. The summed E-state index contributed by atoms with van der Waals surface area (Å²) in [5, 5.41) is 4.25. The molecule has 0 aliphatic heterocycles. The first kappa shape index (κ1) is 20.9. The highest BCUT2D eigenvalue weighted by molar-refractivity contribution is 7.99. The second-order valence-electron chi connectivity index (χ2n) is 5.31. The highest BCUT2D eigenvalue weighted by Crippen LogP contribution is 2.32. The lowest BCUT2D eigenvalue weighted by atomic mass is 10.1. The van der Waals surface area contributed by atoms with Crippen LogP contribution in [-0.4, -0.2) is 35.6 Å². The molecule has 0 spiro atoms. The summed E-state index contributed by atoms with van der Waals surface area (Å²) < 4.78 is 25.1. The fourth-order valence-electron chi connectivity index (χ4n) is 2.27. The third-order valence-electron chi connectivity index (χ3n) is 3.43. The number of rotatable bonds is 9. The van der Waals surface area contributed by atoms with Crippen LogP contribution in [0.5, 0.6) is 0 Å². The Morgan fingerprint density at radius 2 is 1.78 bits per heavy atom. The topological polar surface area (TPSA) is 49.4 Å². The van der Waals surface area contributed by atoms with Gasteiger partial charge in [0.2, 0.25) is 0 Å². The third kappa shape index (κ3) is 5.77. The van der Waals surface area contributed by atoms with Crippen molar-refractivity contribution in [2.45, 2.75) is 10.7 Å². The number of alkyl halides is 2. The quantitative estimate of drug-likeness (QED) is 0.462. The number of thiophene rings is 1. The number of benzene rings is 1. The van der Waals surface area contributed by atoms with E-state index in [-0.39, 0.29) is 15.7 Å². The molecule has 0 aliphatic rings. The molecule has 0 fully saturated rings. The summed E-state index contributed by atoms with van der Waals surface area (Å²) in [6.07, 6.45) is 3.26. The molecule has 2 amide bonds. The van der Waals surface area contributed by atoms with Gasteiger partial charge >= 0.3 is 0 Å². The zero-order chi connectivity index (χ0) is 19.8. The summed E-state index contributed by atoms with van der Waals surface area (Å²) in [6.45, 7) is 8.05. The average molecular weight is 408 g/mol. The Labute approximate surface area is 164 Å². The Morgan fingerprint density at radius 3 is 2.33 bits per heavy atom. The number of hydrogen-bond acceptors (Lipinski definition) is 4. The summed E-state index contributed by atoms with van der Waals surface area (Å²) >= 11 is 1.44. The Balaban J connectivity index is 2.08. The summed E-state index contributed by atoms with van der Waals surface area (Å²) in [5.74, 6) is -3.24. The van der Waals surface area contributed by atoms with E-state index in [4.69, 9.17) is 0 Å². The maximum atomic E-state index is 12.6. The van der Waals surface area contributed by atoms with Crippen molar-refractivity contribution in [3.63, 3.8) is 0 Å². The maximum Gasteiger partial charge on any atom is 0.288 e. The first-order chi connectivity index (χ1) is 13.0. The largest absolute Gasteiger partial charge is 0.331 e. The van der Waals surface area contributed by atoms with E-state index in [1.54, 1.807) is 46.7 Å². The van der Waals surface area contributed by atoms with Crippen LogP contribution >= 0.6 is 23.1 Å². The van der Waals surface area contributed by atoms with Gasteiger partial charge in [-0.1, -0.05) is 23.9 Å². The standard InChI is InChI=1S/C19H18F2N2O2S2/c1-3-10-23(11-4-2)18(25)13-5-7-14(8-6-13)22-17(24)16-15(9-12-26-16)27-19(20)21/h3-9,12,19H,1-2,10-11H2,(H,22,24). The molecule has 0 radical (unpaired) electrons. The van der Waals surface area contributed by atoms with Gasteiger partial charge < -0.3 is 10.2 Å². The second kappa shape index (κ2) is 10.0. The van der Waals surface area contributed by atoms with Crippen molar-refractivity contribution in [2.75, 3.05) is 18.4 Å². The summed E-state index contributed by atoms with van der Waals surface area (Å²) in [4.78, 5) is 26.8. The molecular formula is C19H18F2N2O2S2. The van der Waals surface area contributed by atoms with E-state index in [1.807, 2.05) is 0 Å². The van der Waals surface area contributed by atoms with Crippen molar-refractivity contribution >= 4 is 40.6 Å². The number of nitrogens with zero attached hydrogens (tertiary/aromatic N) is 1. The van der Waals surface area contributed by atoms with E-state index < -0.39 is 11.7 Å². The Hall–Kier alpha value is -2.45. The number of halogens is 2. The molecule has 0 saturated heterocycles. The predicted molar refractivity (Wildman–Crippen MR) is 107 cm³/mol. The SMILES string of the molecule is C=CCN(CC=C)C(=O)c1ccc(NC(=O)c2sccc2SC(F)F)cc1. The van der Waals surface area contributed by atoms with E-state index in [1.165, 1.54) is 6.07 Å². The maximum absolute atomic E-state index is 12.6. The number of thioether (sulfide) groups is 1. The summed E-state index contributed by atoms with van der Waals surface area (Å²) in [6, 6.07) is 7.88. The van der Waals surface area contributed by atoms with Crippen molar-refractivity contribution in [1.29, 1.82) is 0 Å². The second-order valence-corrected chi connectivity index (χ2v) is 7.26. The molecule has 0 aliphatic carbocycles. The average Bonchev–Trinajstić information content (AvgIpc) is 3.09. The lowest BCUT2D eigenvalue weighted by Crippen LogP contribution is -2.31.